The highest BCUT2D eigenvalue weighted by molar-refractivity contribution is 5.06. The summed E-state index contributed by atoms with van der Waals surface area (Å²) in [6.45, 7) is 12.3. The van der Waals surface area contributed by atoms with Gasteiger partial charge in [0.15, 0.2) is 0 Å². The van der Waals surface area contributed by atoms with Crippen LogP contribution in [0, 0.1) is 13.8 Å². The second-order valence-corrected chi connectivity index (χ2v) is 8.77. The van der Waals surface area contributed by atoms with Gasteiger partial charge in [0, 0.05) is 83.0 Å². The zero-order chi connectivity index (χ0) is 20.4. The molecule has 4 heterocycles. The number of likely N-dealkylation sites (N-methyl/N-ethyl adjacent to an activating group) is 2. The summed E-state index contributed by atoms with van der Waals surface area (Å²) in [7, 11) is 4.48. The molecular weight excluding hydrogens is 368 g/mol. The van der Waals surface area contributed by atoms with Gasteiger partial charge >= 0.3 is 0 Å². The minimum absolute atomic E-state index is 0.465. The Bertz CT molecular complexity index is 790. The van der Waals surface area contributed by atoms with Crippen LogP contribution in [0.2, 0.25) is 0 Å². The quantitative estimate of drug-likeness (QED) is 0.716. The summed E-state index contributed by atoms with van der Waals surface area (Å²) in [5.41, 5.74) is 2.08. The molecule has 0 N–H and O–H groups in total. The number of aryl methyl sites for hydroxylation is 2. The molecule has 0 amide bonds. The van der Waals surface area contributed by atoms with Gasteiger partial charge in [-0.25, -0.2) is 0 Å². The number of nitrogens with zero attached hydrogens (tertiary/aromatic N) is 6. The van der Waals surface area contributed by atoms with Crippen LogP contribution in [0.1, 0.15) is 22.9 Å². The van der Waals surface area contributed by atoms with Crippen LogP contribution in [0.3, 0.4) is 0 Å². The Balaban J connectivity index is 1.48. The van der Waals surface area contributed by atoms with Gasteiger partial charge in [0.1, 0.15) is 11.5 Å². The molecule has 2 aliphatic rings. The molecule has 0 saturated carbocycles. The highest BCUT2D eigenvalue weighted by Crippen LogP contribution is 2.22. The molecule has 2 aromatic heterocycles. The van der Waals surface area contributed by atoms with Crippen molar-refractivity contribution in [1.82, 2.24) is 29.9 Å². The molecule has 29 heavy (non-hydrogen) atoms. The molecule has 8 heteroatoms. The fourth-order valence-corrected chi connectivity index (χ4v) is 4.68. The second-order valence-electron chi connectivity index (χ2n) is 8.77. The van der Waals surface area contributed by atoms with Crippen molar-refractivity contribution in [2.75, 3.05) is 59.9 Å². The van der Waals surface area contributed by atoms with Crippen molar-refractivity contribution in [2.24, 2.45) is 0 Å². The maximum Gasteiger partial charge on any atom is 0.133 e. The van der Waals surface area contributed by atoms with E-state index in [1.54, 1.807) is 0 Å². The van der Waals surface area contributed by atoms with Crippen LogP contribution in [-0.2, 0) is 13.0 Å². The summed E-state index contributed by atoms with van der Waals surface area (Å²) >= 11 is 0. The van der Waals surface area contributed by atoms with E-state index in [1.807, 2.05) is 13.8 Å². The van der Waals surface area contributed by atoms with Crippen LogP contribution in [0.5, 0.6) is 0 Å². The first-order valence-electron chi connectivity index (χ1n) is 10.7. The number of aromatic nitrogens is 2. The first kappa shape index (κ1) is 20.5. The van der Waals surface area contributed by atoms with Gasteiger partial charge in [-0.2, -0.15) is 0 Å². The first-order valence-corrected chi connectivity index (χ1v) is 10.7. The Kier molecular flexibility index (Phi) is 6.34. The van der Waals surface area contributed by atoms with Crippen molar-refractivity contribution in [3.05, 3.63) is 35.0 Å². The van der Waals surface area contributed by atoms with E-state index in [-0.39, 0.29) is 0 Å². The fourth-order valence-electron chi connectivity index (χ4n) is 4.68. The van der Waals surface area contributed by atoms with Gasteiger partial charge in [-0.05, 0) is 27.9 Å². The Morgan fingerprint density at radius 3 is 1.97 bits per heavy atom. The zero-order valence-corrected chi connectivity index (χ0v) is 18.2. The molecule has 8 nitrogen and oxygen atoms in total. The lowest BCUT2D eigenvalue weighted by Crippen LogP contribution is -2.65. The molecule has 4 rings (SSSR count). The zero-order valence-electron chi connectivity index (χ0n) is 18.2. The van der Waals surface area contributed by atoms with Crippen LogP contribution >= 0.6 is 0 Å². The van der Waals surface area contributed by atoms with Crippen molar-refractivity contribution >= 4 is 0 Å². The minimum Gasteiger partial charge on any atom is -0.361 e. The summed E-state index contributed by atoms with van der Waals surface area (Å²) < 4.78 is 10.6. The third-order valence-corrected chi connectivity index (χ3v) is 6.29. The Labute approximate surface area is 173 Å². The SMILES string of the molecule is Cc1cc(CCN2CCN(C)CC2C2CN(C)CCN2Cc2cc(C)on2)no1. The number of hydrogen-bond donors (Lipinski definition) is 0. The molecular formula is C21H34N6O2. The molecule has 0 aromatic carbocycles. The molecule has 0 bridgehead atoms. The molecule has 0 radical (unpaired) electrons. The van der Waals surface area contributed by atoms with Crippen molar-refractivity contribution in [3.63, 3.8) is 0 Å². The Morgan fingerprint density at radius 2 is 1.38 bits per heavy atom. The number of hydrogen-bond acceptors (Lipinski definition) is 8. The summed E-state index contributed by atoms with van der Waals surface area (Å²) in [5.74, 6) is 1.77. The Morgan fingerprint density at radius 1 is 0.828 bits per heavy atom. The van der Waals surface area contributed by atoms with Crippen molar-refractivity contribution < 1.29 is 9.05 Å². The van der Waals surface area contributed by atoms with Crippen LogP contribution in [0.15, 0.2) is 21.2 Å². The smallest absolute Gasteiger partial charge is 0.133 e. The van der Waals surface area contributed by atoms with Gasteiger partial charge in [-0.1, -0.05) is 10.3 Å². The highest BCUT2D eigenvalue weighted by atomic mass is 16.5. The van der Waals surface area contributed by atoms with Gasteiger partial charge in [0.05, 0.1) is 11.4 Å². The summed E-state index contributed by atoms with van der Waals surface area (Å²) in [6, 6.07) is 5.07. The van der Waals surface area contributed by atoms with Crippen molar-refractivity contribution in [3.8, 4) is 0 Å². The molecule has 160 valence electrons. The lowest BCUT2D eigenvalue weighted by Gasteiger charge is -2.50. The van der Waals surface area contributed by atoms with Crippen LogP contribution in [0.4, 0.5) is 0 Å². The summed E-state index contributed by atoms with van der Waals surface area (Å²) in [4.78, 5) is 10.2. The molecule has 0 spiro atoms. The molecule has 2 fully saturated rings. The number of piperazine rings is 2. The van der Waals surface area contributed by atoms with Gasteiger partial charge in [-0.15, -0.1) is 0 Å². The van der Waals surface area contributed by atoms with Crippen molar-refractivity contribution in [2.45, 2.75) is 38.9 Å². The summed E-state index contributed by atoms with van der Waals surface area (Å²) in [5, 5.41) is 8.44. The lowest BCUT2D eigenvalue weighted by atomic mass is 9.98. The molecule has 2 aromatic rings. The number of rotatable bonds is 6. The van der Waals surface area contributed by atoms with E-state index in [0.717, 1.165) is 81.7 Å². The summed E-state index contributed by atoms with van der Waals surface area (Å²) in [6.07, 6.45) is 0.933. The fraction of sp³-hybridized carbons (Fsp3) is 0.714. The predicted octanol–water partition coefficient (Wildman–Crippen LogP) is 1.25. The van der Waals surface area contributed by atoms with Gasteiger partial charge < -0.3 is 18.8 Å². The average Bonchev–Trinajstić information content (AvgIpc) is 3.30. The predicted molar refractivity (Wildman–Crippen MR) is 111 cm³/mol. The minimum atomic E-state index is 0.465. The Hall–Kier alpha value is -1.74. The third-order valence-electron chi connectivity index (χ3n) is 6.29. The standard InChI is InChI=1S/C21H34N6O2/c1-16-11-18(22-28-16)5-6-26-9-7-24(3)14-20(26)21-15-25(4)8-10-27(21)13-19-12-17(2)29-23-19/h11-12,20-21H,5-10,13-15H2,1-4H3. The maximum atomic E-state index is 5.31. The molecule has 2 saturated heterocycles. The van der Waals surface area contributed by atoms with E-state index in [2.05, 4.69) is 56.1 Å². The van der Waals surface area contributed by atoms with Crippen LogP contribution < -0.4 is 0 Å². The van der Waals surface area contributed by atoms with Gasteiger partial charge in [-0.3, -0.25) is 9.80 Å². The van der Waals surface area contributed by atoms with Gasteiger partial charge in [0.25, 0.3) is 0 Å². The molecule has 0 aliphatic carbocycles. The molecule has 2 unspecified atom stereocenters. The van der Waals surface area contributed by atoms with Crippen LogP contribution in [-0.4, -0.2) is 102 Å². The van der Waals surface area contributed by atoms with E-state index < -0.39 is 0 Å². The lowest BCUT2D eigenvalue weighted by molar-refractivity contribution is -0.0149. The first-order chi connectivity index (χ1) is 14.0. The largest absolute Gasteiger partial charge is 0.361 e. The third kappa shape index (κ3) is 5.06. The van der Waals surface area contributed by atoms with E-state index in [9.17, 15) is 0 Å². The molecule has 2 aliphatic heterocycles. The average molecular weight is 403 g/mol. The van der Waals surface area contributed by atoms with E-state index in [4.69, 9.17) is 9.05 Å². The van der Waals surface area contributed by atoms with E-state index in [1.165, 1.54) is 0 Å². The molecule has 2 atom stereocenters. The maximum absolute atomic E-state index is 5.31. The highest BCUT2D eigenvalue weighted by Gasteiger charge is 2.38. The normalized spacial score (nSPS) is 25.7. The van der Waals surface area contributed by atoms with Gasteiger partial charge in [0.2, 0.25) is 0 Å². The second kappa shape index (κ2) is 8.95. The monoisotopic (exact) mass is 402 g/mol. The van der Waals surface area contributed by atoms with Crippen molar-refractivity contribution in [1.29, 1.82) is 0 Å². The van der Waals surface area contributed by atoms with E-state index in [0.29, 0.717) is 12.1 Å². The van der Waals surface area contributed by atoms with Crippen LogP contribution in [0.25, 0.3) is 0 Å². The van der Waals surface area contributed by atoms with E-state index >= 15 is 0 Å². The topological polar surface area (TPSA) is 65.0 Å².